The quantitative estimate of drug-likeness (QED) is 0.921. The number of anilines is 1. The fourth-order valence-corrected chi connectivity index (χ4v) is 2.98. The van der Waals surface area contributed by atoms with Crippen molar-refractivity contribution < 1.29 is 0 Å². The molecular weight excluding hydrogens is 248 g/mol. The van der Waals surface area contributed by atoms with Gasteiger partial charge in [-0.3, -0.25) is 0 Å². The maximum absolute atomic E-state index is 9.31. The first-order chi connectivity index (χ1) is 9.86. The Hall–Kier alpha value is -2.15. The highest BCUT2D eigenvalue weighted by Gasteiger charge is 2.41. The molecule has 4 rings (SSSR count). The Bertz CT molecular complexity index is 683. The van der Waals surface area contributed by atoms with E-state index in [-0.39, 0.29) is 0 Å². The van der Waals surface area contributed by atoms with Gasteiger partial charge in [-0.1, -0.05) is 18.2 Å². The molecule has 4 nitrogen and oxygen atoms in total. The SMILES string of the molecule is N#Cc1nnc2ccccc2c1NC(C1CC1)C1CC1. The van der Waals surface area contributed by atoms with Crippen LogP contribution in [-0.2, 0) is 0 Å². The summed E-state index contributed by atoms with van der Waals surface area (Å²) in [5, 5.41) is 22.1. The second kappa shape index (κ2) is 4.45. The summed E-state index contributed by atoms with van der Waals surface area (Å²) in [7, 11) is 0. The van der Waals surface area contributed by atoms with E-state index in [2.05, 4.69) is 21.6 Å². The molecule has 2 aliphatic carbocycles. The lowest BCUT2D eigenvalue weighted by Crippen LogP contribution is -2.25. The van der Waals surface area contributed by atoms with Crippen molar-refractivity contribution in [2.24, 2.45) is 11.8 Å². The number of rotatable bonds is 4. The number of nitrogens with one attached hydrogen (secondary N) is 1. The van der Waals surface area contributed by atoms with Gasteiger partial charge < -0.3 is 5.32 Å². The van der Waals surface area contributed by atoms with Gasteiger partial charge in [0.15, 0.2) is 5.69 Å². The molecule has 0 unspecified atom stereocenters. The largest absolute Gasteiger partial charge is 0.379 e. The summed E-state index contributed by atoms with van der Waals surface area (Å²) < 4.78 is 0. The van der Waals surface area contributed by atoms with E-state index in [1.54, 1.807) is 0 Å². The van der Waals surface area contributed by atoms with E-state index in [4.69, 9.17) is 0 Å². The minimum absolute atomic E-state index is 0.412. The second-order valence-corrected chi connectivity index (χ2v) is 5.90. The van der Waals surface area contributed by atoms with E-state index in [1.807, 2.05) is 24.3 Å². The van der Waals surface area contributed by atoms with Crippen LogP contribution in [0, 0.1) is 23.2 Å². The van der Waals surface area contributed by atoms with E-state index >= 15 is 0 Å². The fraction of sp³-hybridized carbons (Fsp3) is 0.438. The van der Waals surface area contributed by atoms with Gasteiger partial charge in [0.2, 0.25) is 0 Å². The Morgan fingerprint density at radius 2 is 1.80 bits per heavy atom. The molecule has 0 atom stereocenters. The fourth-order valence-electron chi connectivity index (χ4n) is 2.98. The number of hydrogen-bond donors (Lipinski definition) is 1. The van der Waals surface area contributed by atoms with Gasteiger partial charge in [0, 0.05) is 11.4 Å². The van der Waals surface area contributed by atoms with Crippen LogP contribution in [0.3, 0.4) is 0 Å². The third-order valence-electron chi connectivity index (χ3n) is 4.34. The van der Waals surface area contributed by atoms with Crippen LogP contribution in [0.15, 0.2) is 24.3 Å². The minimum Gasteiger partial charge on any atom is -0.379 e. The molecule has 0 aliphatic heterocycles. The van der Waals surface area contributed by atoms with Crippen LogP contribution in [0.25, 0.3) is 10.9 Å². The Kier molecular flexibility index (Phi) is 2.59. The van der Waals surface area contributed by atoms with Crippen LogP contribution < -0.4 is 5.32 Å². The molecule has 0 spiro atoms. The Labute approximate surface area is 117 Å². The lowest BCUT2D eigenvalue weighted by atomic mass is 10.1. The normalized spacial score (nSPS) is 18.2. The molecule has 0 saturated heterocycles. The maximum atomic E-state index is 9.31. The smallest absolute Gasteiger partial charge is 0.186 e. The molecule has 2 aromatic rings. The molecule has 1 heterocycles. The molecule has 2 fully saturated rings. The van der Waals surface area contributed by atoms with Crippen molar-refractivity contribution in [1.29, 1.82) is 5.26 Å². The van der Waals surface area contributed by atoms with Crippen molar-refractivity contribution in [2.75, 3.05) is 5.32 Å². The van der Waals surface area contributed by atoms with E-state index in [0.717, 1.165) is 28.4 Å². The molecule has 1 N–H and O–H groups in total. The van der Waals surface area contributed by atoms with Gasteiger partial charge in [-0.25, -0.2) is 0 Å². The van der Waals surface area contributed by atoms with Crippen LogP contribution >= 0.6 is 0 Å². The summed E-state index contributed by atoms with van der Waals surface area (Å²) in [6.07, 6.45) is 5.25. The number of nitrogens with zero attached hydrogens (tertiary/aromatic N) is 3. The number of fused-ring (bicyclic) bond motifs is 1. The van der Waals surface area contributed by atoms with Crippen molar-refractivity contribution in [3.8, 4) is 6.07 Å². The minimum atomic E-state index is 0.412. The van der Waals surface area contributed by atoms with E-state index in [0.29, 0.717) is 11.7 Å². The van der Waals surface area contributed by atoms with E-state index in [9.17, 15) is 5.26 Å². The van der Waals surface area contributed by atoms with Crippen molar-refractivity contribution in [3.63, 3.8) is 0 Å². The molecule has 0 amide bonds. The lowest BCUT2D eigenvalue weighted by molar-refractivity contribution is 0.568. The molecule has 100 valence electrons. The highest BCUT2D eigenvalue weighted by molar-refractivity contribution is 5.92. The summed E-state index contributed by atoms with van der Waals surface area (Å²) in [6, 6.07) is 10.6. The van der Waals surface area contributed by atoms with Crippen molar-refractivity contribution in [3.05, 3.63) is 30.0 Å². The highest BCUT2D eigenvalue weighted by atomic mass is 15.1. The predicted molar refractivity (Wildman–Crippen MR) is 77.1 cm³/mol. The zero-order valence-electron chi connectivity index (χ0n) is 11.2. The molecular formula is C16H16N4. The first-order valence-corrected chi connectivity index (χ1v) is 7.29. The molecule has 1 aromatic carbocycles. The van der Waals surface area contributed by atoms with Gasteiger partial charge in [-0.2, -0.15) is 5.26 Å². The molecule has 2 saturated carbocycles. The molecule has 0 bridgehead atoms. The van der Waals surface area contributed by atoms with Crippen molar-refractivity contribution in [2.45, 2.75) is 31.7 Å². The van der Waals surface area contributed by atoms with E-state index in [1.165, 1.54) is 25.7 Å². The Morgan fingerprint density at radius 1 is 1.10 bits per heavy atom. The first-order valence-electron chi connectivity index (χ1n) is 7.29. The number of nitriles is 1. The second-order valence-electron chi connectivity index (χ2n) is 5.90. The molecule has 4 heteroatoms. The standard InChI is InChI=1S/C16H16N4/c17-9-14-16(12-3-1-2-4-13(12)19-20-14)18-15(10-5-6-10)11-7-8-11/h1-4,10-11,15H,5-8H2,(H,18,19). The van der Waals surface area contributed by atoms with Gasteiger partial charge in [-0.15, -0.1) is 10.2 Å². The van der Waals surface area contributed by atoms with Gasteiger partial charge in [0.25, 0.3) is 0 Å². The zero-order valence-corrected chi connectivity index (χ0v) is 11.2. The third-order valence-corrected chi connectivity index (χ3v) is 4.34. The van der Waals surface area contributed by atoms with Crippen LogP contribution in [0.2, 0.25) is 0 Å². The van der Waals surface area contributed by atoms with Crippen LogP contribution in [0.4, 0.5) is 5.69 Å². The Balaban J connectivity index is 1.78. The summed E-state index contributed by atoms with van der Waals surface area (Å²) in [5.74, 6) is 1.56. The zero-order chi connectivity index (χ0) is 13.5. The van der Waals surface area contributed by atoms with Crippen LogP contribution in [0.1, 0.15) is 31.4 Å². The lowest BCUT2D eigenvalue weighted by Gasteiger charge is -2.20. The number of hydrogen-bond acceptors (Lipinski definition) is 4. The highest BCUT2D eigenvalue weighted by Crippen LogP contribution is 2.46. The monoisotopic (exact) mass is 264 g/mol. The molecule has 1 aromatic heterocycles. The summed E-state index contributed by atoms with van der Waals surface area (Å²) >= 11 is 0. The summed E-state index contributed by atoms with van der Waals surface area (Å²) in [6.45, 7) is 0. The van der Waals surface area contributed by atoms with Crippen molar-refractivity contribution >= 4 is 16.6 Å². The third kappa shape index (κ3) is 2.00. The molecule has 2 aliphatic rings. The summed E-state index contributed by atoms with van der Waals surface area (Å²) in [4.78, 5) is 0. The molecule has 20 heavy (non-hydrogen) atoms. The predicted octanol–water partition coefficient (Wildman–Crippen LogP) is 3.10. The van der Waals surface area contributed by atoms with Crippen LogP contribution in [-0.4, -0.2) is 16.2 Å². The van der Waals surface area contributed by atoms with Gasteiger partial charge >= 0.3 is 0 Å². The topological polar surface area (TPSA) is 61.6 Å². The van der Waals surface area contributed by atoms with Gasteiger partial charge in [-0.05, 0) is 43.6 Å². The van der Waals surface area contributed by atoms with Gasteiger partial charge in [0.1, 0.15) is 6.07 Å². The van der Waals surface area contributed by atoms with E-state index < -0.39 is 0 Å². The average Bonchev–Trinajstić information content (AvgIpc) is 3.38. The number of benzene rings is 1. The Morgan fingerprint density at radius 3 is 2.45 bits per heavy atom. The molecule has 0 radical (unpaired) electrons. The summed E-state index contributed by atoms with van der Waals surface area (Å²) in [5.41, 5.74) is 2.14. The first kappa shape index (κ1) is 11.7. The average molecular weight is 264 g/mol. The maximum Gasteiger partial charge on any atom is 0.186 e. The van der Waals surface area contributed by atoms with Crippen molar-refractivity contribution in [1.82, 2.24) is 10.2 Å². The van der Waals surface area contributed by atoms with Gasteiger partial charge in [0.05, 0.1) is 11.2 Å². The van der Waals surface area contributed by atoms with Crippen LogP contribution in [0.5, 0.6) is 0 Å². The number of aromatic nitrogens is 2.